The molecule has 0 bridgehead atoms. The third-order valence-corrected chi connectivity index (χ3v) is 7.15. The van der Waals surface area contributed by atoms with E-state index in [9.17, 15) is 9.59 Å². The smallest absolute Gasteiger partial charge is 0.337 e. The summed E-state index contributed by atoms with van der Waals surface area (Å²) < 4.78 is 6.94. The van der Waals surface area contributed by atoms with Crippen molar-refractivity contribution in [1.29, 1.82) is 0 Å². The molecule has 8 nitrogen and oxygen atoms in total. The predicted molar refractivity (Wildman–Crippen MR) is 155 cm³/mol. The largest absolute Gasteiger partial charge is 0.465 e. The lowest BCUT2D eigenvalue weighted by Gasteiger charge is -2.29. The molecule has 9 heteroatoms. The number of pyridine rings is 1. The Bertz CT molecular complexity index is 1520. The highest BCUT2D eigenvalue weighted by atomic mass is 32.1. The van der Waals surface area contributed by atoms with Crippen LogP contribution in [0.1, 0.15) is 52.7 Å². The van der Waals surface area contributed by atoms with Crippen LogP contribution in [0.5, 0.6) is 0 Å². The Morgan fingerprint density at radius 3 is 2.49 bits per heavy atom. The summed E-state index contributed by atoms with van der Waals surface area (Å²) >= 11 is 5.89. The molecule has 1 aliphatic rings. The summed E-state index contributed by atoms with van der Waals surface area (Å²) in [6, 6.07) is 22.7. The first-order valence-corrected chi connectivity index (χ1v) is 13.1. The summed E-state index contributed by atoms with van der Waals surface area (Å²) in [7, 11) is 1.37. The Balaban J connectivity index is 1.59. The summed E-state index contributed by atoms with van der Waals surface area (Å²) in [6.45, 7) is 3.80. The lowest BCUT2D eigenvalue weighted by Crippen LogP contribution is -2.30. The zero-order valence-corrected chi connectivity index (χ0v) is 22.7. The van der Waals surface area contributed by atoms with Gasteiger partial charge in [-0.05, 0) is 91.4 Å². The summed E-state index contributed by atoms with van der Waals surface area (Å²) in [4.78, 5) is 30.7. The number of rotatable bonds is 7. The summed E-state index contributed by atoms with van der Waals surface area (Å²) in [5.74, 6) is -0.414. The lowest BCUT2D eigenvalue weighted by atomic mass is 10.00. The van der Waals surface area contributed by atoms with E-state index in [0.29, 0.717) is 17.1 Å². The van der Waals surface area contributed by atoms with Crippen LogP contribution in [0.4, 0.5) is 11.4 Å². The highest BCUT2D eigenvalue weighted by Crippen LogP contribution is 2.43. The van der Waals surface area contributed by atoms with E-state index in [1.165, 1.54) is 7.11 Å². The molecule has 0 aliphatic carbocycles. The number of benzene rings is 2. The van der Waals surface area contributed by atoms with E-state index in [4.69, 9.17) is 17.0 Å². The number of aryl methyl sites for hydroxylation is 1. The van der Waals surface area contributed by atoms with Crippen LogP contribution in [0.3, 0.4) is 0 Å². The molecule has 1 saturated heterocycles. The van der Waals surface area contributed by atoms with Gasteiger partial charge < -0.3 is 24.8 Å². The molecule has 0 unspecified atom stereocenters. The zero-order chi connectivity index (χ0) is 27.5. The van der Waals surface area contributed by atoms with Crippen molar-refractivity contribution in [3.8, 4) is 5.69 Å². The van der Waals surface area contributed by atoms with E-state index in [1.54, 1.807) is 18.3 Å². The highest BCUT2D eigenvalue weighted by molar-refractivity contribution is 7.80. The van der Waals surface area contributed by atoms with Gasteiger partial charge in [-0.2, -0.15) is 0 Å². The van der Waals surface area contributed by atoms with E-state index < -0.39 is 0 Å². The third-order valence-electron chi connectivity index (χ3n) is 6.83. The molecule has 39 heavy (non-hydrogen) atoms. The van der Waals surface area contributed by atoms with E-state index in [-0.39, 0.29) is 24.0 Å². The van der Waals surface area contributed by atoms with Crippen LogP contribution < -0.4 is 15.5 Å². The number of nitrogens with one attached hydrogen (secondary N) is 2. The fourth-order valence-electron chi connectivity index (χ4n) is 4.86. The molecular weight excluding hydrogens is 510 g/mol. The van der Waals surface area contributed by atoms with Crippen LogP contribution >= 0.6 is 12.2 Å². The van der Waals surface area contributed by atoms with Crippen LogP contribution in [-0.4, -0.2) is 33.6 Å². The maximum absolute atomic E-state index is 12.0. The molecule has 1 amide bonds. The van der Waals surface area contributed by atoms with Crippen LogP contribution in [0.2, 0.25) is 0 Å². The second-order valence-electron chi connectivity index (χ2n) is 9.24. The van der Waals surface area contributed by atoms with Crippen LogP contribution in [0.25, 0.3) is 5.69 Å². The minimum Gasteiger partial charge on any atom is -0.465 e. The molecule has 2 aromatic heterocycles. The average Bonchev–Trinajstić information content (AvgIpc) is 3.58. The molecule has 2 atom stereocenters. The van der Waals surface area contributed by atoms with Gasteiger partial charge in [-0.1, -0.05) is 13.0 Å². The number of thiocarbonyl (C=S) groups is 1. The van der Waals surface area contributed by atoms with Gasteiger partial charge in [0.05, 0.1) is 24.4 Å². The van der Waals surface area contributed by atoms with Crippen molar-refractivity contribution in [3.63, 3.8) is 0 Å². The lowest BCUT2D eigenvalue weighted by molar-refractivity contribution is -0.115. The Morgan fingerprint density at radius 1 is 1.05 bits per heavy atom. The standard InChI is InChI=1S/C30H29N5O3S/c1-4-26(36)32-23-15-14-22(18-19(23)2)35-28(27(33-30(35)39)24-8-5-6-16-31-24)25-9-7-17-34(25)21-12-10-20(11-13-21)29(37)38-3/h5-18,27-28H,4H2,1-3H3,(H,32,36)(H,33,39)/t27-,28-/m1/s1. The van der Waals surface area contributed by atoms with Gasteiger partial charge in [0.15, 0.2) is 5.11 Å². The van der Waals surface area contributed by atoms with Gasteiger partial charge in [0, 0.05) is 41.6 Å². The molecule has 2 aromatic carbocycles. The minimum absolute atomic E-state index is 0.0339. The number of aromatic nitrogens is 2. The molecule has 1 fully saturated rings. The predicted octanol–water partition coefficient (Wildman–Crippen LogP) is 5.49. The van der Waals surface area contributed by atoms with E-state index >= 15 is 0 Å². The first-order chi connectivity index (χ1) is 18.9. The van der Waals surface area contributed by atoms with E-state index in [0.717, 1.165) is 34.0 Å². The van der Waals surface area contributed by atoms with Crippen molar-refractivity contribution in [3.05, 3.63) is 108 Å². The van der Waals surface area contributed by atoms with Gasteiger partial charge in [0.25, 0.3) is 0 Å². The van der Waals surface area contributed by atoms with E-state index in [2.05, 4.69) is 31.2 Å². The SMILES string of the molecule is CCC(=O)Nc1ccc(N2C(=S)N[C@H](c3ccccn3)[C@H]2c2cccn2-c2ccc(C(=O)OC)cc2)cc1C. The van der Waals surface area contributed by atoms with Gasteiger partial charge in [-0.15, -0.1) is 0 Å². The molecule has 4 aromatic rings. The van der Waals surface area contributed by atoms with Crippen LogP contribution in [0.15, 0.2) is 85.2 Å². The molecule has 1 aliphatic heterocycles. The second kappa shape index (κ2) is 11.1. The molecule has 0 saturated carbocycles. The Hall–Kier alpha value is -4.50. The van der Waals surface area contributed by atoms with Crippen molar-refractivity contribution in [2.45, 2.75) is 32.4 Å². The number of nitrogens with zero attached hydrogens (tertiary/aromatic N) is 3. The topological polar surface area (TPSA) is 88.5 Å². The Kier molecular flexibility index (Phi) is 7.42. The van der Waals surface area contributed by atoms with Crippen molar-refractivity contribution in [1.82, 2.24) is 14.9 Å². The molecule has 198 valence electrons. The van der Waals surface area contributed by atoms with Crippen molar-refractivity contribution < 1.29 is 14.3 Å². The number of hydrogen-bond donors (Lipinski definition) is 2. The van der Waals surface area contributed by atoms with Crippen LogP contribution in [0, 0.1) is 6.92 Å². The number of methoxy groups -OCH3 is 1. The number of esters is 1. The Morgan fingerprint density at radius 2 is 1.82 bits per heavy atom. The number of hydrogen-bond acceptors (Lipinski definition) is 5. The second-order valence-corrected chi connectivity index (χ2v) is 9.63. The van der Waals surface area contributed by atoms with Crippen LogP contribution in [-0.2, 0) is 9.53 Å². The molecule has 0 spiro atoms. The molecule has 2 N–H and O–H groups in total. The van der Waals surface area contributed by atoms with Crippen molar-refractivity contribution >= 4 is 40.6 Å². The number of ether oxygens (including phenoxy) is 1. The molecule has 0 radical (unpaired) electrons. The fourth-order valence-corrected chi connectivity index (χ4v) is 5.20. The number of carbonyl (C=O) groups is 2. The van der Waals surface area contributed by atoms with E-state index in [1.807, 2.05) is 74.6 Å². The maximum atomic E-state index is 12.0. The normalized spacial score (nSPS) is 16.6. The Labute approximate surface area is 232 Å². The van der Waals surface area contributed by atoms with Gasteiger partial charge in [-0.3, -0.25) is 9.78 Å². The number of amides is 1. The highest BCUT2D eigenvalue weighted by Gasteiger charge is 2.42. The summed E-state index contributed by atoms with van der Waals surface area (Å²) in [6.07, 6.45) is 4.18. The summed E-state index contributed by atoms with van der Waals surface area (Å²) in [5.41, 5.74) is 5.85. The first kappa shape index (κ1) is 26.1. The maximum Gasteiger partial charge on any atom is 0.337 e. The minimum atomic E-state index is -0.380. The van der Waals surface area contributed by atoms with Gasteiger partial charge in [0.1, 0.15) is 6.04 Å². The van der Waals surface area contributed by atoms with Gasteiger partial charge >= 0.3 is 5.97 Å². The molecule has 5 rings (SSSR count). The van der Waals surface area contributed by atoms with Crippen molar-refractivity contribution in [2.24, 2.45) is 0 Å². The number of carbonyl (C=O) groups excluding carboxylic acids is 2. The number of anilines is 2. The zero-order valence-electron chi connectivity index (χ0n) is 21.9. The van der Waals surface area contributed by atoms with Crippen molar-refractivity contribution in [2.75, 3.05) is 17.3 Å². The monoisotopic (exact) mass is 539 g/mol. The van der Waals surface area contributed by atoms with Gasteiger partial charge in [-0.25, -0.2) is 4.79 Å². The summed E-state index contributed by atoms with van der Waals surface area (Å²) in [5, 5.41) is 7.03. The van der Waals surface area contributed by atoms with Gasteiger partial charge in [0.2, 0.25) is 5.91 Å². The molecule has 3 heterocycles. The average molecular weight is 540 g/mol. The fraction of sp³-hybridized carbons (Fsp3) is 0.200. The molecular formula is C30H29N5O3S. The third kappa shape index (κ3) is 5.13. The quantitative estimate of drug-likeness (QED) is 0.237. The first-order valence-electron chi connectivity index (χ1n) is 12.7.